The molecule has 0 aliphatic carbocycles. The second kappa shape index (κ2) is 14.0. The number of hydrogen-bond acceptors (Lipinski definition) is 3. The molecule has 0 aliphatic heterocycles. The highest BCUT2D eigenvalue weighted by Crippen LogP contribution is 2.50. The van der Waals surface area contributed by atoms with E-state index in [-0.39, 0.29) is 30.3 Å². The van der Waals surface area contributed by atoms with Crippen molar-refractivity contribution in [3.8, 4) is 23.0 Å². The van der Waals surface area contributed by atoms with Crippen LogP contribution in [0.4, 0.5) is 79.0 Å². The van der Waals surface area contributed by atoms with Crippen molar-refractivity contribution in [3.05, 3.63) is 81.9 Å². The van der Waals surface area contributed by atoms with Crippen LogP contribution in [0.1, 0.15) is 47.2 Å². The molecule has 0 heterocycles. The normalized spacial score (nSPS) is 13.3. The van der Waals surface area contributed by atoms with Crippen molar-refractivity contribution in [1.82, 2.24) is 0 Å². The smallest absolute Gasteiger partial charge is 0.569 e. The number of hydrogen-bond donors (Lipinski definition) is 0. The minimum absolute atomic E-state index is 0.157. The van der Waals surface area contributed by atoms with Crippen LogP contribution in [0.3, 0.4) is 0 Å². The van der Waals surface area contributed by atoms with Crippen LogP contribution in [0.25, 0.3) is 0 Å². The maximum Gasteiger partial charge on any atom is 0.864 e. The van der Waals surface area contributed by atoms with Crippen LogP contribution in [0.5, 0.6) is 23.0 Å². The lowest BCUT2D eigenvalue weighted by Gasteiger charge is -2.28. The van der Waals surface area contributed by atoms with E-state index in [4.69, 9.17) is 14.0 Å². The van der Waals surface area contributed by atoms with Gasteiger partial charge in [0.1, 0.15) is 11.5 Å². The molecule has 3 aromatic rings. The molecule has 0 saturated carbocycles. The molecule has 23 heteroatoms. The Hall–Kier alpha value is -4.34. The largest absolute Gasteiger partial charge is 0.864 e. The summed E-state index contributed by atoms with van der Waals surface area (Å²) in [7, 11) is -3.28. The predicted octanol–water partition coefficient (Wildman–Crippen LogP) is 11.6. The van der Waals surface area contributed by atoms with E-state index in [0.29, 0.717) is 0 Å². The first-order chi connectivity index (χ1) is 22.9. The van der Waals surface area contributed by atoms with Gasteiger partial charge in [0, 0.05) is 19.9 Å². The van der Waals surface area contributed by atoms with Gasteiger partial charge in [0.15, 0.2) is 18.8 Å². The topological polar surface area (TPSA) is 30.4 Å². The molecule has 3 aromatic carbocycles. The third kappa shape index (κ3) is 10.4. The Bertz CT molecular complexity index is 1540. The summed E-state index contributed by atoms with van der Waals surface area (Å²) in [6, 6.07) is -2.23. The van der Waals surface area contributed by atoms with E-state index in [1.807, 2.05) is 0 Å². The highest BCUT2D eigenvalue weighted by atomic mass is 19.4. The summed E-state index contributed by atoms with van der Waals surface area (Å²) < 4.78 is 262. The fourth-order valence-electron chi connectivity index (χ4n) is 4.24. The van der Waals surface area contributed by atoms with Crippen LogP contribution >= 0.6 is 0 Å². The maximum absolute atomic E-state index is 14.1. The Kier molecular flexibility index (Phi) is 11.3. The van der Waals surface area contributed by atoms with Gasteiger partial charge in [-0.05, 0) is 42.5 Å². The summed E-state index contributed by atoms with van der Waals surface area (Å²) in [5.41, 5.74) is -12.7. The molecule has 51 heavy (non-hydrogen) atoms. The monoisotopic (exact) mass is 771 g/mol. The van der Waals surface area contributed by atoms with E-state index in [2.05, 4.69) is 0 Å². The molecule has 0 radical (unpaired) electrons. The zero-order chi connectivity index (χ0) is 39.1. The molecule has 0 bridgehead atoms. The van der Waals surface area contributed by atoms with Crippen LogP contribution in [0.15, 0.2) is 48.5 Å². The van der Waals surface area contributed by atoms with Crippen LogP contribution in [-0.4, -0.2) is 20.5 Å². The lowest BCUT2D eigenvalue weighted by Crippen LogP contribution is -2.38. The fraction of sp³-hybridized carbons (Fsp3) is 0.357. The summed E-state index contributed by atoms with van der Waals surface area (Å²) >= 11 is 0. The van der Waals surface area contributed by atoms with Crippen LogP contribution < -0.4 is 14.0 Å². The Morgan fingerprint density at radius 2 is 0.745 bits per heavy atom. The summed E-state index contributed by atoms with van der Waals surface area (Å²) in [5, 5.41) is 0. The first kappa shape index (κ1) is 41.1. The van der Waals surface area contributed by atoms with E-state index >= 15 is 0 Å². The SMILES string of the molecule is CC[O+](CC)c1c(OB(Oc2cc(C(F)(F)F)cc(C(F)(F)F)c2)Oc2cc(C(F)(F)F)cc(C(F)(F)F)c2)cc(C(F)(F)F)cc1C(F)(F)F. The van der Waals surface area contributed by atoms with Crippen LogP contribution in [0.2, 0.25) is 0 Å². The van der Waals surface area contributed by atoms with E-state index in [1.54, 1.807) is 4.37 Å². The van der Waals surface area contributed by atoms with Crippen LogP contribution in [-0.2, 0) is 41.4 Å². The zero-order valence-corrected chi connectivity index (χ0v) is 25.0. The van der Waals surface area contributed by atoms with E-state index in [1.165, 1.54) is 0 Å². The van der Waals surface area contributed by atoms with Gasteiger partial charge < -0.3 is 18.3 Å². The van der Waals surface area contributed by atoms with Gasteiger partial charge in [-0.1, -0.05) is 0 Å². The molecule has 0 atom stereocenters. The van der Waals surface area contributed by atoms with Crippen molar-refractivity contribution >= 4 is 7.32 Å². The van der Waals surface area contributed by atoms with Crippen molar-refractivity contribution in [2.24, 2.45) is 0 Å². The van der Waals surface area contributed by atoms with Crippen molar-refractivity contribution in [3.63, 3.8) is 0 Å². The van der Waals surface area contributed by atoms with Crippen molar-refractivity contribution < 1.29 is 97.4 Å². The first-order valence-electron chi connectivity index (χ1n) is 13.5. The minimum atomic E-state index is -5.65. The average Bonchev–Trinajstić information content (AvgIpc) is 2.95. The summed E-state index contributed by atoms with van der Waals surface area (Å²) in [6.07, 6.45) is -33.5. The highest BCUT2D eigenvalue weighted by Gasteiger charge is 2.47. The number of halogens is 18. The van der Waals surface area contributed by atoms with Gasteiger partial charge in [-0.25, -0.2) is 0 Å². The summed E-state index contributed by atoms with van der Waals surface area (Å²) in [5.74, 6) is -6.14. The minimum Gasteiger partial charge on any atom is -0.569 e. The molecule has 282 valence electrons. The molecule has 0 saturated heterocycles. The Labute approximate surface area is 274 Å². The predicted molar refractivity (Wildman–Crippen MR) is 139 cm³/mol. The third-order valence-electron chi connectivity index (χ3n) is 6.48. The number of benzene rings is 3. The second-order valence-corrected chi connectivity index (χ2v) is 10.0. The van der Waals surface area contributed by atoms with Crippen LogP contribution in [0, 0.1) is 0 Å². The summed E-state index contributed by atoms with van der Waals surface area (Å²) in [4.78, 5) is 0. The van der Waals surface area contributed by atoms with Crippen molar-refractivity contribution in [2.45, 2.75) is 50.9 Å². The quantitative estimate of drug-likeness (QED) is 0.123. The molecule has 0 aliphatic rings. The third-order valence-corrected chi connectivity index (χ3v) is 6.48. The van der Waals surface area contributed by atoms with E-state index in [9.17, 15) is 79.0 Å². The molecule has 4 nitrogen and oxygen atoms in total. The Balaban J connectivity index is 2.39. The number of rotatable bonds is 9. The Morgan fingerprint density at radius 1 is 0.431 bits per heavy atom. The first-order valence-corrected chi connectivity index (χ1v) is 13.5. The molecular formula is C28H18BF18O4+. The van der Waals surface area contributed by atoms with Gasteiger partial charge in [-0.2, -0.15) is 79.0 Å². The maximum atomic E-state index is 14.1. The van der Waals surface area contributed by atoms with Gasteiger partial charge in [0.25, 0.3) is 0 Å². The molecular weight excluding hydrogens is 753 g/mol. The van der Waals surface area contributed by atoms with Gasteiger partial charge in [0.05, 0.1) is 27.8 Å². The van der Waals surface area contributed by atoms with Gasteiger partial charge in [-0.3, -0.25) is 0 Å². The van der Waals surface area contributed by atoms with Gasteiger partial charge in [-0.15, -0.1) is 0 Å². The molecule has 0 amide bonds. The lowest BCUT2D eigenvalue weighted by molar-refractivity contribution is -0.149. The average molecular weight is 771 g/mol. The molecule has 0 N–H and O–H groups in total. The number of alkyl halides is 18. The molecule has 3 rings (SSSR count). The zero-order valence-electron chi connectivity index (χ0n) is 25.0. The fourth-order valence-corrected chi connectivity index (χ4v) is 4.24. The van der Waals surface area contributed by atoms with Crippen molar-refractivity contribution in [1.29, 1.82) is 0 Å². The molecule has 0 fully saturated rings. The van der Waals surface area contributed by atoms with Gasteiger partial charge >= 0.3 is 50.1 Å². The standard InChI is InChI=1S/C28H18BF18O4/c1-3-51(4-2)22-20(28(45,46)47)11-17(27(42,43)44)12-21(22)50-29(48-18-7-13(23(30,31)32)5-14(8-18)24(33,34)35)49-19-9-15(25(36,37)38)6-16(10-19)26(39,40)41/h5-12H,3-4H2,1-2H3/q+1. The summed E-state index contributed by atoms with van der Waals surface area (Å²) in [6.45, 7) is 1.28. The second-order valence-electron chi connectivity index (χ2n) is 10.0. The molecule has 0 aromatic heterocycles. The van der Waals surface area contributed by atoms with Crippen molar-refractivity contribution in [2.75, 3.05) is 13.2 Å². The molecule has 0 spiro atoms. The molecule has 0 unspecified atom stereocenters. The Morgan fingerprint density at radius 3 is 1.02 bits per heavy atom. The van der Waals surface area contributed by atoms with E-state index in [0.717, 1.165) is 13.8 Å². The highest BCUT2D eigenvalue weighted by molar-refractivity contribution is 6.39. The van der Waals surface area contributed by atoms with E-state index < -0.39 is 132 Å². The van der Waals surface area contributed by atoms with Gasteiger partial charge in [0.2, 0.25) is 5.75 Å². The lowest BCUT2D eigenvalue weighted by atomic mass is 10.0.